The number of aliphatic carboxylic acids is 1. The van der Waals surface area contributed by atoms with E-state index in [1.54, 1.807) is 0 Å². The number of halogens is 4. The van der Waals surface area contributed by atoms with Crippen molar-refractivity contribution in [2.45, 2.75) is 31.7 Å². The first kappa shape index (κ1) is 20.1. The van der Waals surface area contributed by atoms with Gasteiger partial charge in [0.2, 0.25) is 0 Å². The van der Waals surface area contributed by atoms with E-state index in [1.165, 1.54) is 55.5 Å². The van der Waals surface area contributed by atoms with Gasteiger partial charge in [-0.1, -0.05) is 36.7 Å². The van der Waals surface area contributed by atoms with E-state index in [0.29, 0.717) is 5.02 Å². The monoisotopic (exact) mass is 388 g/mol. The summed E-state index contributed by atoms with van der Waals surface area (Å²) in [5, 5.41) is 9.48. The van der Waals surface area contributed by atoms with E-state index in [1.807, 2.05) is 0 Å². The molecule has 4 nitrogen and oxygen atoms in total. The zero-order chi connectivity index (χ0) is 19.3. The van der Waals surface area contributed by atoms with Crippen LogP contribution in [0.25, 0.3) is 0 Å². The van der Waals surface area contributed by atoms with Crippen LogP contribution in [0.2, 0.25) is 5.02 Å². The van der Waals surface area contributed by atoms with Crippen LogP contribution in [0.1, 0.15) is 25.0 Å². The van der Waals surface area contributed by atoms with E-state index in [4.69, 9.17) is 26.2 Å². The maximum absolute atomic E-state index is 13.5. The van der Waals surface area contributed by atoms with Crippen LogP contribution in [0.5, 0.6) is 11.5 Å². The Balaban J connectivity index is 2.39. The standard InChI is InChI=1S/C18H16ClF3O4/c1-2-14(17(23)24)26-16(18(20,21)22)13-5-3-4-6-15(13)25-12-9-7-11(19)8-10-12/h3-10,14,16H,2H2,1H3,(H,23,24). The molecule has 0 radical (unpaired) electrons. The zero-order valence-electron chi connectivity index (χ0n) is 13.7. The van der Waals surface area contributed by atoms with Gasteiger partial charge >= 0.3 is 12.1 Å². The molecule has 0 spiro atoms. The Kier molecular flexibility index (Phi) is 6.50. The number of rotatable bonds is 7. The molecule has 140 valence electrons. The second-order valence-corrected chi connectivity index (χ2v) is 5.82. The van der Waals surface area contributed by atoms with Gasteiger partial charge in [0.05, 0.1) is 0 Å². The predicted octanol–water partition coefficient (Wildman–Crippen LogP) is 5.62. The van der Waals surface area contributed by atoms with Crippen LogP contribution in [-0.4, -0.2) is 23.4 Å². The number of carbonyl (C=O) groups is 1. The van der Waals surface area contributed by atoms with Crippen LogP contribution >= 0.6 is 11.6 Å². The minimum Gasteiger partial charge on any atom is -0.479 e. The van der Waals surface area contributed by atoms with Gasteiger partial charge in [-0.2, -0.15) is 13.2 Å². The van der Waals surface area contributed by atoms with Gasteiger partial charge in [-0.3, -0.25) is 0 Å². The summed E-state index contributed by atoms with van der Waals surface area (Å²) in [6.45, 7) is 1.43. The van der Waals surface area contributed by atoms with Gasteiger partial charge in [-0.15, -0.1) is 0 Å². The molecule has 0 aromatic heterocycles. The van der Waals surface area contributed by atoms with Crippen LogP contribution in [-0.2, 0) is 9.53 Å². The fraction of sp³-hybridized carbons (Fsp3) is 0.278. The van der Waals surface area contributed by atoms with E-state index in [0.717, 1.165) is 0 Å². The summed E-state index contributed by atoms with van der Waals surface area (Å²) >= 11 is 5.78. The highest BCUT2D eigenvalue weighted by Gasteiger charge is 2.45. The van der Waals surface area contributed by atoms with Gasteiger partial charge in [-0.05, 0) is 36.8 Å². The molecule has 0 bridgehead atoms. The molecule has 0 heterocycles. The van der Waals surface area contributed by atoms with E-state index >= 15 is 0 Å². The lowest BCUT2D eigenvalue weighted by atomic mass is 10.1. The molecule has 0 amide bonds. The number of hydrogen-bond donors (Lipinski definition) is 1. The average molecular weight is 389 g/mol. The Morgan fingerprint density at radius 2 is 1.77 bits per heavy atom. The van der Waals surface area contributed by atoms with Crippen molar-refractivity contribution >= 4 is 17.6 Å². The Morgan fingerprint density at radius 3 is 2.31 bits per heavy atom. The summed E-state index contributed by atoms with van der Waals surface area (Å²) in [6, 6.07) is 11.5. The van der Waals surface area contributed by atoms with Crippen molar-refractivity contribution in [1.29, 1.82) is 0 Å². The molecule has 0 saturated carbocycles. The maximum atomic E-state index is 13.5. The molecular formula is C18H16ClF3O4. The molecule has 0 saturated heterocycles. The lowest BCUT2D eigenvalue weighted by molar-refractivity contribution is -0.238. The summed E-state index contributed by atoms with van der Waals surface area (Å²) in [5.74, 6) is -1.26. The third kappa shape index (κ3) is 5.12. The van der Waals surface area contributed by atoms with E-state index in [-0.39, 0.29) is 23.5 Å². The fourth-order valence-corrected chi connectivity index (χ4v) is 2.37. The van der Waals surface area contributed by atoms with Gasteiger partial charge in [-0.25, -0.2) is 4.79 Å². The third-order valence-corrected chi connectivity index (χ3v) is 3.74. The highest BCUT2D eigenvalue weighted by molar-refractivity contribution is 6.30. The van der Waals surface area contributed by atoms with Crippen molar-refractivity contribution in [3.05, 3.63) is 59.1 Å². The first-order chi connectivity index (χ1) is 12.2. The first-order valence-electron chi connectivity index (χ1n) is 7.69. The topological polar surface area (TPSA) is 55.8 Å². The lowest BCUT2D eigenvalue weighted by Gasteiger charge is -2.26. The van der Waals surface area contributed by atoms with Gasteiger partial charge in [0.15, 0.2) is 12.2 Å². The molecule has 26 heavy (non-hydrogen) atoms. The molecule has 0 fully saturated rings. The summed E-state index contributed by atoms with van der Waals surface area (Å²) in [4.78, 5) is 11.1. The predicted molar refractivity (Wildman–Crippen MR) is 89.6 cm³/mol. The molecule has 0 aliphatic heterocycles. The molecule has 8 heteroatoms. The lowest BCUT2D eigenvalue weighted by Crippen LogP contribution is -2.32. The number of hydrogen-bond acceptors (Lipinski definition) is 3. The quantitative estimate of drug-likeness (QED) is 0.669. The second kappa shape index (κ2) is 8.42. The van der Waals surface area contributed by atoms with Crippen molar-refractivity contribution in [2.75, 3.05) is 0 Å². The van der Waals surface area contributed by atoms with Gasteiger partial charge < -0.3 is 14.6 Å². The van der Waals surface area contributed by atoms with E-state index < -0.39 is 24.4 Å². The van der Waals surface area contributed by atoms with Gasteiger partial charge in [0.25, 0.3) is 0 Å². The maximum Gasteiger partial charge on any atom is 0.419 e. The minimum atomic E-state index is -4.82. The second-order valence-electron chi connectivity index (χ2n) is 5.39. The number of para-hydroxylation sites is 1. The van der Waals surface area contributed by atoms with E-state index in [2.05, 4.69) is 0 Å². The summed E-state index contributed by atoms with van der Waals surface area (Å²) in [6.07, 6.45) is -8.96. The Morgan fingerprint density at radius 1 is 1.15 bits per heavy atom. The van der Waals surface area contributed by atoms with Crippen LogP contribution in [0.4, 0.5) is 13.2 Å². The Bertz CT molecular complexity index is 747. The van der Waals surface area contributed by atoms with Gasteiger partial charge in [0.1, 0.15) is 11.5 Å². The minimum absolute atomic E-state index is 0.0858. The molecule has 1 N–H and O–H groups in total. The van der Waals surface area contributed by atoms with Crippen LogP contribution in [0.3, 0.4) is 0 Å². The normalized spacial score (nSPS) is 13.9. The number of carboxylic acid groups (broad SMARTS) is 1. The molecule has 2 unspecified atom stereocenters. The molecule has 2 rings (SSSR count). The van der Waals surface area contributed by atoms with Crippen molar-refractivity contribution in [1.82, 2.24) is 0 Å². The molecule has 2 aromatic rings. The SMILES string of the molecule is CCC(OC(c1ccccc1Oc1ccc(Cl)cc1)C(F)(F)F)C(=O)O. The average Bonchev–Trinajstić information content (AvgIpc) is 2.57. The molecule has 0 aliphatic rings. The Labute approximate surface area is 153 Å². The summed E-state index contributed by atoms with van der Waals surface area (Å²) < 4.78 is 51.1. The van der Waals surface area contributed by atoms with Crippen molar-refractivity contribution in [3.8, 4) is 11.5 Å². The smallest absolute Gasteiger partial charge is 0.419 e. The highest BCUT2D eigenvalue weighted by Crippen LogP contribution is 2.42. The molecule has 0 aliphatic carbocycles. The number of alkyl halides is 3. The van der Waals surface area contributed by atoms with E-state index in [9.17, 15) is 18.0 Å². The van der Waals surface area contributed by atoms with Crippen molar-refractivity contribution in [2.24, 2.45) is 0 Å². The first-order valence-corrected chi connectivity index (χ1v) is 8.07. The van der Waals surface area contributed by atoms with Crippen molar-refractivity contribution < 1.29 is 32.5 Å². The van der Waals surface area contributed by atoms with Gasteiger partial charge in [0, 0.05) is 10.6 Å². The van der Waals surface area contributed by atoms with Crippen molar-refractivity contribution in [3.63, 3.8) is 0 Å². The third-order valence-electron chi connectivity index (χ3n) is 3.49. The Hall–Kier alpha value is -2.25. The summed E-state index contributed by atoms with van der Waals surface area (Å²) in [7, 11) is 0. The zero-order valence-corrected chi connectivity index (χ0v) is 14.4. The van der Waals surface area contributed by atoms with Crippen LogP contribution < -0.4 is 4.74 Å². The summed E-state index contributed by atoms with van der Waals surface area (Å²) in [5.41, 5.74) is -0.311. The number of benzene rings is 2. The molecule has 2 atom stereocenters. The number of carboxylic acids is 1. The number of ether oxygens (including phenoxy) is 2. The molecule has 2 aromatic carbocycles. The fourth-order valence-electron chi connectivity index (χ4n) is 2.24. The highest BCUT2D eigenvalue weighted by atomic mass is 35.5. The van der Waals surface area contributed by atoms with Crippen LogP contribution in [0, 0.1) is 0 Å². The molecular weight excluding hydrogens is 373 g/mol. The van der Waals surface area contributed by atoms with Crippen LogP contribution in [0.15, 0.2) is 48.5 Å². The largest absolute Gasteiger partial charge is 0.479 e.